The van der Waals surface area contributed by atoms with Gasteiger partial charge >= 0.3 is 0 Å². The molecule has 7 heteroatoms. The summed E-state index contributed by atoms with van der Waals surface area (Å²) in [6.45, 7) is 2.05. The number of aliphatic imine (C=N–C) groups is 1. The van der Waals surface area contributed by atoms with Crippen LogP contribution in [0, 0.1) is 6.92 Å². The molecule has 5 aromatic rings. The lowest BCUT2D eigenvalue weighted by atomic mass is 10.2. The summed E-state index contributed by atoms with van der Waals surface area (Å²) in [5, 5.41) is 5.20. The maximum absolute atomic E-state index is 4.72. The van der Waals surface area contributed by atoms with Crippen LogP contribution in [-0.2, 0) is 0 Å². The van der Waals surface area contributed by atoms with Crippen molar-refractivity contribution in [1.82, 2.24) is 20.4 Å². The number of amidine groups is 1. The number of aromatic amines is 1. The van der Waals surface area contributed by atoms with Crippen molar-refractivity contribution >= 4 is 50.3 Å². The smallest absolute Gasteiger partial charge is 0.190 e. The maximum atomic E-state index is 4.72. The van der Waals surface area contributed by atoms with Crippen LogP contribution < -0.4 is 5.43 Å². The van der Waals surface area contributed by atoms with Crippen LogP contribution in [0.1, 0.15) is 16.4 Å². The molecular weight excluding hydrogens is 392 g/mol. The summed E-state index contributed by atoms with van der Waals surface area (Å²) in [5.74, 6) is 1.16. The van der Waals surface area contributed by atoms with E-state index in [4.69, 9.17) is 4.99 Å². The highest BCUT2D eigenvalue weighted by atomic mass is 32.1. The average molecular weight is 411 g/mol. The van der Waals surface area contributed by atoms with E-state index in [0.29, 0.717) is 11.7 Å². The molecule has 2 aromatic heterocycles. The summed E-state index contributed by atoms with van der Waals surface area (Å²) in [7, 11) is 0. The molecule has 0 radical (unpaired) electrons. The predicted octanol–water partition coefficient (Wildman–Crippen LogP) is 5.18. The Hall–Kier alpha value is -3.84. The van der Waals surface area contributed by atoms with Gasteiger partial charge < -0.3 is 4.98 Å². The molecule has 0 unspecified atom stereocenters. The van der Waals surface area contributed by atoms with Crippen molar-refractivity contribution in [3.8, 4) is 0 Å². The average Bonchev–Trinajstić information content (AvgIpc) is 3.38. The molecule has 0 saturated carbocycles. The van der Waals surface area contributed by atoms with Gasteiger partial charge in [-0.05, 0) is 43.3 Å². The van der Waals surface area contributed by atoms with Crippen molar-refractivity contribution in [2.45, 2.75) is 6.92 Å². The number of nitrogens with zero attached hydrogens (tertiary/aromatic N) is 4. The van der Waals surface area contributed by atoms with Crippen molar-refractivity contribution in [2.24, 2.45) is 10.1 Å². The highest BCUT2D eigenvalue weighted by molar-refractivity contribution is 7.20. The normalized spacial score (nSPS) is 12.2. The molecule has 0 bridgehead atoms. The Morgan fingerprint density at radius 2 is 1.70 bits per heavy atom. The Labute approximate surface area is 177 Å². The first-order valence-electron chi connectivity index (χ1n) is 9.50. The third kappa shape index (κ3) is 3.83. The number of hydrogen-bond acceptors (Lipinski definition) is 5. The lowest BCUT2D eigenvalue weighted by Crippen LogP contribution is -2.20. The topological polar surface area (TPSA) is 78.3 Å². The van der Waals surface area contributed by atoms with E-state index in [-0.39, 0.29) is 0 Å². The van der Waals surface area contributed by atoms with E-state index >= 15 is 0 Å². The molecular formula is C23H18N6S. The van der Waals surface area contributed by atoms with E-state index in [1.165, 1.54) is 5.56 Å². The molecule has 5 rings (SSSR count). The van der Waals surface area contributed by atoms with Gasteiger partial charge in [0, 0.05) is 0 Å². The number of imidazole rings is 1. The number of benzene rings is 3. The van der Waals surface area contributed by atoms with Crippen molar-refractivity contribution in [1.29, 1.82) is 0 Å². The first-order chi connectivity index (χ1) is 14.7. The Morgan fingerprint density at radius 1 is 0.933 bits per heavy atom. The Morgan fingerprint density at radius 3 is 2.50 bits per heavy atom. The molecule has 30 heavy (non-hydrogen) atoms. The van der Waals surface area contributed by atoms with E-state index < -0.39 is 0 Å². The van der Waals surface area contributed by atoms with Gasteiger partial charge in [-0.25, -0.2) is 15.0 Å². The summed E-state index contributed by atoms with van der Waals surface area (Å²) in [6, 6.07) is 23.9. The summed E-state index contributed by atoms with van der Waals surface area (Å²) < 4.78 is 1.13. The minimum atomic E-state index is 0.535. The summed E-state index contributed by atoms with van der Waals surface area (Å²) in [5.41, 5.74) is 7.83. The predicted molar refractivity (Wildman–Crippen MR) is 124 cm³/mol. The highest BCUT2D eigenvalue weighted by Crippen LogP contribution is 2.20. The van der Waals surface area contributed by atoms with Gasteiger partial charge in [0.15, 0.2) is 11.7 Å². The van der Waals surface area contributed by atoms with E-state index in [2.05, 4.69) is 31.5 Å². The largest absolute Gasteiger partial charge is 0.335 e. The fourth-order valence-corrected chi connectivity index (χ4v) is 3.88. The Bertz CT molecular complexity index is 1310. The summed E-state index contributed by atoms with van der Waals surface area (Å²) in [6.07, 6.45) is 1.71. The summed E-state index contributed by atoms with van der Waals surface area (Å²) >= 11 is 1.59. The van der Waals surface area contributed by atoms with Gasteiger partial charge in [-0.2, -0.15) is 5.10 Å². The number of fused-ring (bicyclic) bond motifs is 2. The number of hydrazone groups is 1. The molecule has 0 spiro atoms. The van der Waals surface area contributed by atoms with Crippen LogP contribution in [0.5, 0.6) is 0 Å². The number of H-pyrrole nitrogens is 1. The van der Waals surface area contributed by atoms with E-state index in [1.54, 1.807) is 17.6 Å². The van der Waals surface area contributed by atoms with Gasteiger partial charge in [-0.15, -0.1) is 11.3 Å². The molecule has 0 fully saturated rings. The maximum Gasteiger partial charge on any atom is 0.190 e. The zero-order chi connectivity index (χ0) is 20.3. The highest BCUT2D eigenvalue weighted by Gasteiger charge is 2.10. The minimum Gasteiger partial charge on any atom is -0.335 e. The third-order valence-electron chi connectivity index (χ3n) is 4.54. The first kappa shape index (κ1) is 18.2. The van der Waals surface area contributed by atoms with Crippen molar-refractivity contribution in [2.75, 3.05) is 0 Å². The van der Waals surface area contributed by atoms with Gasteiger partial charge in [-0.3, -0.25) is 5.43 Å². The van der Waals surface area contributed by atoms with Gasteiger partial charge in [-0.1, -0.05) is 42.0 Å². The van der Waals surface area contributed by atoms with Crippen LogP contribution >= 0.6 is 11.3 Å². The van der Waals surface area contributed by atoms with E-state index in [1.807, 2.05) is 73.7 Å². The third-order valence-corrected chi connectivity index (χ3v) is 5.52. The monoisotopic (exact) mass is 410 g/mol. The second-order valence-electron chi connectivity index (χ2n) is 6.79. The number of aryl methyl sites for hydroxylation is 1. The molecule has 3 aromatic carbocycles. The molecule has 6 nitrogen and oxygen atoms in total. The van der Waals surface area contributed by atoms with Crippen molar-refractivity contribution < 1.29 is 0 Å². The first-order valence-corrected chi connectivity index (χ1v) is 10.3. The quantitative estimate of drug-likeness (QED) is 0.243. The molecule has 0 amide bonds. The van der Waals surface area contributed by atoms with Crippen LogP contribution in [-0.4, -0.2) is 27.0 Å². The summed E-state index contributed by atoms with van der Waals surface area (Å²) in [4.78, 5) is 17.3. The van der Waals surface area contributed by atoms with Crippen LogP contribution in [0.25, 0.3) is 21.3 Å². The number of rotatable bonds is 4. The fraction of sp³-hybridized carbons (Fsp3) is 0.0435. The molecule has 2 heterocycles. The van der Waals surface area contributed by atoms with Crippen LogP contribution in [0.4, 0.5) is 5.69 Å². The minimum absolute atomic E-state index is 0.535. The standard InChI is InChI=1S/C23H18N6S/c1-15-10-12-16(13-11-15)25-23(22-27-17-6-2-3-7-18(17)28-22)29-24-14-21-26-19-8-4-5-9-20(19)30-21/h2-14H,1H3,(H,25,29)(H,27,28)/b24-14+. The van der Waals surface area contributed by atoms with Crippen molar-refractivity contribution in [3.63, 3.8) is 0 Å². The second kappa shape index (κ2) is 7.88. The molecule has 146 valence electrons. The zero-order valence-corrected chi connectivity index (χ0v) is 17.0. The Balaban J connectivity index is 1.47. The van der Waals surface area contributed by atoms with Crippen LogP contribution in [0.3, 0.4) is 0 Å². The zero-order valence-electron chi connectivity index (χ0n) is 16.2. The van der Waals surface area contributed by atoms with Gasteiger partial charge in [0.05, 0.1) is 33.2 Å². The Kier molecular flexibility index (Phi) is 4.78. The lowest BCUT2D eigenvalue weighted by Gasteiger charge is -2.03. The number of nitrogens with one attached hydrogen (secondary N) is 2. The van der Waals surface area contributed by atoms with Crippen LogP contribution in [0.15, 0.2) is 82.9 Å². The SMILES string of the molecule is Cc1ccc(N=C(N/N=C/c2nc3ccccc3s2)c2nc3ccccc3[nH]2)cc1. The van der Waals surface area contributed by atoms with Gasteiger partial charge in [0.2, 0.25) is 0 Å². The number of hydrogen-bond donors (Lipinski definition) is 2. The van der Waals surface area contributed by atoms with Crippen LogP contribution in [0.2, 0.25) is 0 Å². The van der Waals surface area contributed by atoms with Gasteiger partial charge in [0.1, 0.15) is 5.01 Å². The molecule has 0 aliphatic rings. The number of aromatic nitrogens is 3. The molecule has 0 aliphatic heterocycles. The lowest BCUT2D eigenvalue weighted by molar-refractivity contribution is 1.01. The number of para-hydroxylation sites is 3. The fourth-order valence-electron chi connectivity index (χ4n) is 3.04. The second-order valence-corrected chi connectivity index (χ2v) is 7.85. The van der Waals surface area contributed by atoms with Crippen molar-refractivity contribution in [3.05, 3.63) is 89.2 Å². The van der Waals surface area contributed by atoms with E-state index in [9.17, 15) is 0 Å². The van der Waals surface area contributed by atoms with E-state index in [0.717, 1.165) is 31.9 Å². The molecule has 2 N–H and O–H groups in total. The number of thiazole rings is 1. The molecule has 0 atom stereocenters. The molecule has 0 saturated heterocycles. The molecule has 0 aliphatic carbocycles. The van der Waals surface area contributed by atoms with Gasteiger partial charge in [0.25, 0.3) is 0 Å².